The Bertz CT molecular complexity index is 547. The number of alkyl halides is 3. The van der Waals surface area contributed by atoms with E-state index in [9.17, 15) is 34.8 Å². The van der Waals surface area contributed by atoms with Crippen LogP contribution in [0.2, 0.25) is 0 Å². The molecule has 0 aromatic heterocycles. The molecule has 0 unspecified atom stereocenters. The van der Waals surface area contributed by atoms with Crippen molar-refractivity contribution in [1.82, 2.24) is 4.89 Å². The van der Waals surface area contributed by atoms with E-state index in [1.165, 1.54) is 0 Å². The third-order valence-electron chi connectivity index (χ3n) is 1.64. The lowest BCUT2D eigenvalue weighted by Gasteiger charge is -2.10. The lowest BCUT2D eigenvalue weighted by atomic mass is 10.3. The summed E-state index contributed by atoms with van der Waals surface area (Å²) in [5.74, 6) is -4.99. The number of sulfonamides is 1. The summed E-state index contributed by atoms with van der Waals surface area (Å²) in [5, 5.41) is 0. The molecule has 0 aliphatic carbocycles. The van der Waals surface area contributed by atoms with Crippen molar-refractivity contribution in [2.45, 2.75) is 11.1 Å². The molecule has 11 heteroatoms. The van der Waals surface area contributed by atoms with Gasteiger partial charge in [-0.2, -0.15) is 13.2 Å². The molecule has 1 N–H and O–H groups in total. The van der Waals surface area contributed by atoms with Crippen molar-refractivity contribution in [1.29, 1.82) is 0 Å². The first kappa shape index (κ1) is 15.7. The van der Waals surface area contributed by atoms with Gasteiger partial charge in [-0.05, 0) is 0 Å². The van der Waals surface area contributed by atoms with Gasteiger partial charge in [0.1, 0.15) is 17.5 Å². The average Bonchev–Trinajstić information content (AvgIpc) is 2.11. The molecule has 0 heterocycles. The fourth-order valence-corrected chi connectivity index (χ4v) is 1.94. The van der Waals surface area contributed by atoms with Crippen molar-refractivity contribution < 1.29 is 39.6 Å². The molecule has 1 rings (SSSR count). The highest BCUT2D eigenvalue weighted by Crippen LogP contribution is 2.20. The van der Waals surface area contributed by atoms with Gasteiger partial charge in [0.2, 0.25) is 0 Å². The van der Waals surface area contributed by atoms with Crippen LogP contribution in [0.4, 0.5) is 26.3 Å². The number of nitrogens with one attached hydrogen (secondary N) is 1. The monoisotopic (exact) mass is 309 g/mol. The minimum atomic E-state index is -5.05. The molecule has 0 radical (unpaired) electrons. The Morgan fingerprint density at radius 1 is 1.11 bits per heavy atom. The molecule has 0 amide bonds. The Morgan fingerprint density at radius 3 is 2.00 bits per heavy atom. The van der Waals surface area contributed by atoms with Crippen LogP contribution in [0.5, 0.6) is 0 Å². The van der Waals surface area contributed by atoms with Crippen LogP contribution in [0, 0.1) is 17.5 Å². The third-order valence-corrected chi connectivity index (χ3v) is 2.90. The Morgan fingerprint density at radius 2 is 1.58 bits per heavy atom. The second-order valence-corrected chi connectivity index (χ2v) is 4.77. The van der Waals surface area contributed by atoms with Crippen molar-refractivity contribution in [3.05, 3.63) is 29.6 Å². The maximum atomic E-state index is 13.1. The van der Waals surface area contributed by atoms with Gasteiger partial charge < -0.3 is 0 Å². The molecule has 0 spiro atoms. The van der Waals surface area contributed by atoms with Gasteiger partial charge >= 0.3 is 6.18 Å². The maximum Gasteiger partial charge on any atom is 0.413 e. The highest BCUT2D eigenvalue weighted by atomic mass is 32.2. The van der Waals surface area contributed by atoms with E-state index in [4.69, 9.17) is 0 Å². The summed E-state index contributed by atoms with van der Waals surface area (Å²) in [7, 11) is -5.05. The van der Waals surface area contributed by atoms with E-state index in [1.54, 1.807) is 0 Å². The van der Waals surface area contributed by atoms with Gasteiger partial charge in [0.25, 0.3) is 10.0 Å². The second-order valence-electron chi connectivity index (χ2n) is 3.19. The highest BCUT2D eigenvalue weighted by molar-refractivity contribution is 7.89. The molecule has 0 aliphatic heterocycles. The Hall–Kier alpha value is -1.33. The smallest absolute Gasteiger partial charge is 0.277 e. The van der Waals surface area contributed by atoms with Gasteiger partial charge in [-0.25, -0.2) is 21.6 Å². The minimum Gasteiger partial charge on any atom is -0.277 e. The van der Waals surface area contributed by atoms with Crippen molar-refractivity contribution in [2.24, 2.45) is 0 Å². The molecule has 1 aromatic rings. The Labute approximate surface area is 103 Å². The first-order valence-electron chi connectivity index (χ1n) is 4.38. The Kier molecular flexibility index (Phi) is 4.43. The summed E-state index contributed by atoms with van der Waals surface area (Å²) in [6.07, 6.45) is -4.84. The number of halogens is 6. The second kappa shape index (κ2) is 5.35. The van der Waals surface area contributed by atoms with E-state index in [0.29, 0.717) is 0 Å². The van der Waals surface area contributed by atoms with Gasteiger partial charge in [-0.15, -0.1) is 0 Å². The molecule has 0 saturated heterocycles. The fourth-order valence-electron chi connectivity index (χ4n) is 1.02. The molecular weight excluding hydrogens is 304 g/mol. The van der Waals surface area contributed by atoms with Crippen LogP contribution >= 0.6 is 0 Å². The van der Waals surface area contributed by atoms with Crippen LogP contribution in [0.15, 0.2) is 17.0 Å². The molecule has 1 aromatic carbocycles. The summed E-state index contributed by atoms with van der Waals surface area (Å²) in [5.41, 5.74) is 0. The normalized spacial score (nSPS) is 12.7. The summed E-state index contributed by atoms with van der Waals surface area (Å²) >= 11 is 0. The fraction of sp³-hybridized carbons (Fsp3) is 0.250. The molecule has 108 valence electrons. The molecule has 0 saturated carbocycles. The number of hydrogen-bond donors (Lipinski definition) is 1. The predicted molar refractivity (Wildman–Crippen MR) is 48.6 cm³/mol. The number of hydrogen-bond acceptors (Lipinski definition) is 3. The standard InChI is InChI=1S/C8H5F6NO3S/c9-4-1-5(10)7(6(11)2-4)19(16,17)15-18-3-8(12,13)14/h1-2,15H,3H2. The van der Waals surface area contributed by atoms with Gasteiger partial charge in [0.05, 0.1) is 0 Å². The quantitative estimate of drug-likeness (QED) is 0.682. The van der Waals surface area contributed by atoms with Gasteiger partial charge in [0.15, 0.2) is 11.5 Å². The molecule has 0 aliphatic rings. The van der Waals surface area contributed by atoms with Crippen molar-refractivity contribution in [3.8, 4) is 0 Å². The zero-order valence-electron chi connectivity index (χ0n) is 8.76. The van der Waals surface area contributed by atoms with Gasteiger partial charge in [-0.3, -0.25) is 4.84 Å². The minimum absolute atomic E-state index is 0.0569. The zero-order chi connectivity index (χ0) is 14.8. The lowest BCUT2D eigenvalue weighted by molar-refractivity contribution is -0.181. The Balaban J connectivity index is 2.96. The lowest BCUT2D eigenvalue weighted by Crippen LogP contribution is -2.30. The van der Waals surface area contributed by atoms with Crippen molar-refractivity contribution in [2.75, 3.05) is 6.61 Å². The van der Waals surface area contributed by atoms with Gasteiger partial charge in [-0.1, -0.05) is 4.89 Å². The van der Waals surface area contributed by atoms with Crippen LogP contribution in [0.1, 0.15) is 0 Å². The van der Waals surface area contributed by atoms with E-state index < -0.39 is 45.2 Å². The summed E-state index contributed by atoms with van der Waals surface area (Å²) in [6.45, 7) is -2.00. The third kappa shape index (κ3) is 4.36. The predicted octanol–water partition coefficient (Wildman–Crippen LogP) is 1.88. The summed E-state index contributed by atoms with van der Waals surface area (Å²) < 4.78 is 96.3. The van der Waals surface area contributed by atoms with E-state index in [2.05, 4.69) is 4.84 Å². The summed E-state index contributed by atoms with van der Waals surface area (Å²) in [4.78, 5) is 2.81. The van der Waals surface area contributed by atoms with Crippen molar-refractivity contribution in [3.63, 3.8) is 0 Å². The van der Waals surface area contributed by atoms with E-state index in [-0.39, 0.29) is 12.1 Å². The first-order chi connectivity index (χ1) is 8.53. The largest absolute Gasteiger partial charge is 0.413 e. The molecule has 19 heavy (non-hydrogen) atoms. The summed E-state index contributed by atoms with van der Waals surface area (Å²) in [6, 6.07) is 0.114. The van der Waals surface area contributed by atoms with E-state index >= 15 is 0 Å². The first-order valence-corrected chi connectivity index (χ1v) is 5.86. The average molecular weight is 309 g/mol. The molecular formula is C8H5F6NO3S. The SMILES string of the molecule is O=S(=O)(NOCC(F)(F)F)c1c(F)cc(F)cc1F. The van der Waals surface area contributed by atoms with Crippen LogP contribution in [0.25, 0.3) is 0 Å². The van der Waals surface area contributed by atoms with Crippen LogP contribution in [-0.4, -0.2) is 21.2 Å². The molecule has 0 atom stereocenters. The molecule has 0 bridgehead atoms. The van der Waals surface area contributed by atoms with Crippen molar-refractivity contribution >= 4 is 10.0 Å². The maximum absolute atomic E-state index is 13.1. The van der Waals surface area contributed by atoms with E-state index in [1.807, 2.05) is 0 Å². The molecule has 0 fully saturated rings. The molecule has 4 nitrogen and oxygen atoms in total. The number of rotatable bonds is 4. The van der Waals surface area contributed by atoms with Crippen LogP contribution in [0.3, 0.4) is 0 Å². The highest BCUT2D eigenvalue weighted by Gasteiger charge is 2.31. The van der Waals surface area contributed by atoms with Gasteiger partial charge in [0, 0.05) is 12.1 Å². The van der Waals surface area contributed by atoms with Crippen LogP contribution < -0.4 is 4.89 Å². The van der Waals surface area contributed by atoms with E-state index in [0.717, 1.165) is 4.89 Å². The number of benzene rings is 1. The van der Waals surface area contributed by atoms with Crippen LogP contribution in [-0.2, 0) is 14.9 Å². The topological polar surface area (TPSA) is 55.4 Å². The zero-order valence-corrected chi connectivity index (χ0v) is 9.58.